The largest absolute Gasteiger partial charge is 0.491 e. The molecule has 1 aromatic heterocycles. The summed E-state index contributed by atoms with van der Waals surface area (Å²) in [6, 6.07) is 14.8. The molecule has 0 spiro atoms. The maximum atomic E-state index is 14.3. The van der Waals surface area contributed by atoms with Crippen LogP contribution in [0.4, 0.5) is 26.0 Å². The molecule has 0 fully saturated rings. The summed E-state index contributed by atoms with van der Waals surface area (Å²) in [5.41, 5.74) is 0.463. The Bertz CT molecular complexity index is 932. The molecule has 0 saturated heterocycles. The molecule has 0 aliphatic heterocycles. The van der Waals surface area contributed by atoms with Gasteiger partial charge in [0.05, 0.1) is 18.5 Å². The zero-order valence-corrected chi connectivity index (χ0v) is 14.5. The van der Waals surface area contributed by atoms with E-state index >= 15 is 0 Å². The lowest BCUT2D eigenvalue weighted by Gasteiger charge is -2.11. The third kappa shape index (κ3) is 4.38. The number of nitrogens with one attached hydrogen (secondary N) is 2. The van der Waals surface area contributed by atoms with Gasteiger partial charge in [-0.25, -0.2) is 13.8 Å². The third-order valence-electron chi connectivity index (χ3n) is 3.65. The molecule has 1 heterocycles. The Kier molecular flexibility index (Phi) is 5.61. The van der Waals surface area contributed by atoms with Crippen LogP contribution >= 0.6 is 0 Å². The summed E-state index contributed by atoms with van der Waals surface area (Å²) in [6.07, 6.45) is 1.39. The molecule has 0 aliphatic carbocycles. The van der Waals surface area contributed by atoms with E-state index in [-0.39, 0.29) is 12.4 Å². The fraction of sp³-hybridized carbons (Fsp3) is 0.100. The molecule has 27 heavy (non-hydrogen) atoms. The summed E-state index contributed by atoms with van der Waals surface area (Å²) in [5.74, 6) is -2.54. The van der Waals surface area contributed by atoms with E-state index < -0.39 is 23.1 Å². The number of anilines is 3. The molecule has 3 aromatic rings. The Hall–Kier alpha value is -3.48. The van der Waals surface area contributed by atoms with Crippen molar-refractivity contribution in [3.63, 3.8) is 0 Å². The number of hydrogen-bond acceptors (Lipinski definition) is 4. The van der Waals surface area contributed by atoms with Crippen molar-refractivity contribution >= 4 is 23.1 Å². The average molecular weight is 369 g/mol. The minimum atomic E-state index is -1.04. The number of aromatic nitrogens is 1. The molecule has 7 heteroatoms. The number of halogens is 2. The lowest BCUT2D eigenvalue weighted by atomic mass is 10.1. The Labute approximate surface area is 155 Å². The quantitative estimate of drug-likeness (QED) is 0.658. The second-order valence-corrected chi connectivity index (χ2v) is 5.54. The molecule has 138 valence electrons. The van der Waals surface area contributed by atoms with Crippen LogP contribution < -0.4 is 15.4 Å². The number of benzene rings is 2. The predicted molar refractivity (Wildman–Crippen MR) is 99.4 cm³/mol. The number of nitrogens with zero attached hydrogens (tertiary/aromatic N) is 1. The SMILES string of the molecule is CCOc1ccc(F)c(C(=O)Nc2ccc(Nc3ccccc3)nc2)c1F. The summed E-state index contributed by atoms with van der Waals surface area (Å²) in [7, 11) is 0. The molecule has 1 amide bonds. The molecule has 5 nitrogen and oxygen atoms in total. The van der Waals surface area contributed by atoms with E-state index in [4.69, 9.17) is 4.74 Å². The molecule has 2 N–H and O–H groups in total. The van der Waals surface area contributed by atoms with Gasteiger partial charge in [-0.05, 0) is 43.3 Å². The molecule has 0 aliphatic rings. The van der Waals surface area contributed by atoms with Gasteiger partial charge in [-0.2, -0.15) is 0 Å². The number of hydrogen-bond donors (Lipinski definition) is 2. The number of rotatable bonds is 6. The Morgan fingerprint density at radius 2 is 1.81 bits per heavy atom. The van der Waals surface area contributed by atoms with Gasteiger partial charge in [-0.1, -0.05) is 18.2 Å². The first kappa shape index (κ1) is 18.3. The van der Waals surface area contributed by atoms with E-state index in [2.05, 4.69) is 15.6 Å². The number of ether oxygens (including phenoxy) is 1. The minimum Gasteiger partial charge on any atom is -0.491 e. The van der Waals surface area contributed by atoms with Crippen molar-refractivity contribution < 1.29 is 18.3 Å². The zero-order chi connectivity index (χ0) is 19.2. The second kappa shape index (κ2) is 8.27. The predicted octanol–water partition coefficient (Wildman–Crippen LogP) is 4.75. The van der Waals surface area contributed by atoms with Gasteiger partial charge in [0, 0.05) is 5.69 Å². The highest BCUT2D eigenvalue weighted by molar-refractivity contribution is 6.04. The van der Waals surface area contributed by atoms with E-state index in [1.54, 1.807) is 19.1 Å². The fourth-order valence-corrected chi connectivity index (χ4v) is 2.41. The van der Waals surface area contributed by atoms with Gasteiger partial charge in [0.1, 0.15) is 17.2 Å². The summed E-state index contributed by atoms with van der Waals surface area (Å²) >= 11 is 0. The molecule has 0 unspecified atom stereocenters. The summed E-state index contributed by atoms with van der Waals surface area (Å²) in [5, 5.41) is 5.53. The highest BCUT2D eigenvalue weighted by Gasteiger charge is 2.21. The van der Waals surface area contributed by atoms with E-state index in [9.17, 15) is 13.6 Å². The van der Waals surface area contributed by atoms with Crippen LogP contribution in [-0.4, -0.2) is 17.5 Å². The zero-order valence-electron chi connectivity index (χ0n) is 14.5. The molecule has 3 rings (SSSR count). The smallest absolute Gasteiger partial charge is 0.261 e. The van der Waals surface area contributed by atoms with Crippen LogP contribution in [0.3, 0.4) is 0 Å². The van der Waals surface area contributed by atoms with Crippen LogP contribution in [0.1, 0.15) is 17.3 Å². The van der Waals surface area contributed by atoms with E-state index in [0.717, 1.165) is 17.8 Å². The topological polar surface area (TPSA) is 63.2 Å². The van der Waals surface area contributed by atoms with Crippen molar-refractivity contribution in [1.82, 2.24) is 4.98 Å². The average Bonchev–Trinajstić information content (AvgIpc) is 2.67. The van der Waals surface area contributed by atoms with Gasteiger partial charge in [-0.3, -0.25) is 4.79 Å². The van der Waals surface area contributed by atoms with Crippen molar-refractivity contribution in [2.45, 2.75) is 6.92 Å². The van der Waals surface area contributed by atoms with Crippen LogP contribution in [0.2, 0.25) is 0 Å². The standard InChI is InChI=1S/C20H17F2N3O2/c1-2-27-16-10-9-15(21)18(19(16)22)20(26)25-14-8-11-17(23-12-14)24-13-6-4-3-5-7-13/h3-12H,2H2,1H3,(H,23,24)(H,25,26). The van der Waals surface area contributed by atoms with Crippen LogP contribution in [0.25, 0.3) is 0 Å². The van der Waals surface area contributed by atoms with Gasteiger partial charge < -0.3 is 15.4 Å². The van der Waals surface area contributed by atoms with Crippen molar-refractivity contribution in [1.29, 1.82) is 0 Å². The maximum absolute atomic E-state index is 14.3. The van der Waals surface area contributed by atoms with Gasteiger partial charge in [0.15, 0.2) is 11.6 Å². The van der Waals surface area contributed by atoms with Gasteiger partial charge in [0.25, 0.3) is 5.91 Å². The molecule has 0 saturated carbocycles. The minimum absolute atomic E-state index is 0.176. The summed E-state index contributed by atoms with van der Waals surface area (Å²) in [4.78, 5) is 16.5. The molecular weight excluding hydrogens is 352 g/mol. The number of carbonyl (C=O) groups is 1. The van der Waals surface area contributed by atoms with Crippen LogP contribution in [0, 0.1) is 11.6 Å². The molecule has 0 radical (unpaired) electrons. The van der Waals surface area contributed by atoms with Crippen molar-refractivity contribution in [3.8, 4) is 5.75 Å². The van der Waals surface area contributed by atoms with Crippen molar-refractivity contribution in [2.75, 3.05) is 17.2 Å². The Morgan fingerprint density at radius 3 is 2.48 bits per heavy atom. The summed E-state index contributed by atoms with van der Waals surface area (Å²) in [6.45, 7) is 1.86. The first-order chi connectivity index (χ1) is 13.1. The van der Waals surface area contributed by atoms with Gasteiger partial charge >= 0.3 is 0 Å². The first-order valence-corrected chi connectivity index (χ1v) is 8.28. The molecule has 0 bridgehead atoms. The molecule has 0 atom stereocenters. The van der Waals surface area contributed by atoms with Crippen LogP contribution in [0.5, 0.6) is 5.75 Å². The van der Waals surface area contributed by atoms with Crippen molar-refractivity contribution in [3.05, 3.63) is 78.0 Å². The number of pyridine rings is 1. The third-order valence-corrected chi connectivity index (χ3v) is 3.65. The van der Waals surface area contributed by atoms with E-state index in [1.165, 1.54) is 6.20 Å². The monoisotopic (exact) mass is 369 g/mol. The Morgan fingerprint density at radius 1 is 1.04 bits per heavy atom. The Balaban J connectivity index is 1.74. The first-order valence-electron chi connectivity index (χ1n) is 8.28. The lowest BCUT2D eigenvalue weighted by molar-refractivity contribution is 0.101. The molecular formula is C20H17F2N3O2. The van der Waals surface area contributed by atoms with Gasteiger partial charge in [0.2, 0.25) is 0 Å². The van der Waals surface area contributed by atoms with E-state index in [0.29, 0.717) is 11.5 Å². The van der Waals surface area contributed by atoms with E-state index in [1.807, 2.05) is 30.3 Å². The summed E-state index contributed by atoms with van der Waals surface area (Å²) < 4.78 is 33.3. The lowest BCUT2D eigenvalue weighted by Crippen LogP contribution is -2.17. The number of para-hydroxylation sites is 1. The normalized spacial score (nSPS) is 10.3. The fourth-order valence-electron chi connectivity index (χ4n) is 2.41. The second-order valence-electron chi connectivity index (χ2n) is 5.54. The number of amides is 1. The van der Waals surface area contributed by atoms with Crippen LogP contribution in [0.15, 0.2) is 60.8 Å². The number of carbonyl (C=O) groups excluding carboxylic acids is 1. The highest BCUT2D eigenvalue weighted by atomic mass is 19.1. The van der Waals surface area contributed by atoms with Crippen molar-refractivity contribution in [2.24, 2.45) is 0 Å². The maximum Gasteiger partial charge on any atom is 0.261 e. The molecule has 2 aromatic carbocycles. The van der Waals surface area contributed by atoms with Crippen LogP contribution in [-0.2, 0) is 0 Å². The highest BCUT2D eigenvalue weighted by Crippen LogP contribution is 2.24. The van der Waals surface area contributed by atoms with Gasteiger partial charge in [-0.15, -0.1) is 0 Å².